The highest BCUT2D eigenvalue weighted by Gasteiger charge is 2.27. The Hall–Kier alpha value is -6.38. The second-order valence-corrected chi connectivity index (χ2v) is 12.9. The lowest BCUT2D eigenvalue weighted by atomic mass is 9.97. The van der Waals surface area contributed by atoms with Crippen LogP contribution in [-0.4, -0.2) is 9.13 Å². The smallest absolute Gasteiger partial charge is 0.0548 e. The molecule has 0 atom stereocenters. The second kappa shape index (κ2) is 9.57. The summed E-state index contributed by atoms with van der Waals surface area (Å²) in [5, 5.41) is 7.95. The van der Waals surface area contributed by atoms with Crippen LogP contribution < -0.4 is 0 Å². The van der Waals surface area contributed by atoms with Crippen molar-refractivity contribution in [3.05, 3.63) is 170 Å². The Morgan fingerprint density at radius 1 is 0.271 bits per heavy atom. The van der Waals surface area contributed by atoms with E-state index < -0.39 is 0 Å². The molecule has 2 nitrogen and oxygen atoms in total. The van der Waals surface area contributed by atoms with E-state index in [4.69, 9.17) is 0 Å². The van der Waals surface area contributed by atoms with E-state index in [-0.39, 0.29) is 0 Å². The Bertz CT molecular complexity index is 2850. The lowest BCUT2D eigenvalue weighted by molar-refractivity contribution is 1.18. The van der Waals surface area contributed by atoms with Crippen LogP contribution in [-0.2, 0) is 0 Å². The van der Waals surface area contributed by atoms with Crippen LogP contribution in [0.5, 0.6) is 0 Å². The van der Waals surface area contributed by atoms with Crippen molar-refractivity contribution in [2.45, 2.75) is 0 Å². The second-order valence-electron chi connectivity index (χ2n) is 12.9. The Labute approximate surface area is 277 Å². The summed E-state index contributed by atoms with van der Waals surface area (Å²) in [4.78, 5) is 0. The van der Waals surface area contributed by atoms with E-state index in [1.54, 1.807) is 0 Å². The first-order valence-electron chi connectivity index (χ1n) is 16.6. The standard InChI is InChI=1S/C46H28N2/c1-4-12-29(13-5-1)32-26-33(30-14-6-2-7-15-30)28-35(27-32)48-39-21-11-19-37-36-18-10-20-38-43(36)45-40(47(38)34-16-8-3-9-17-34)24-22-31-23-25-41(48)46(42(31)45)44(37)39/h1-28H. The molecule has 0 saturated heterocycles. The maximum absolute atomic E-state index is 2.50. The number of hydrogen-bond acceptors (Lipinski definition) is 0. The van der Waals surface area contributed by atoms with Gasteiger partial charge in [0.05, 0.1) is 22.1 Å². The third-order valence-corrected chi connectivity index (χ3v) is 10.4. The van der Waals surface area contributed by atoms with Crippen molar-refractivity contribution >= 4 is 54.4 Å². The summed E-state index contributed by atoms with van der Waals surface area (Å²) in [6.45, 7) is 0. The Kier molecular flexibility index (Phi) is 5.14. The number of para-hydroxylation sites is 1. The van der Waals surface area contributed by atoms with Gasteiger partial charge in [-0.1, -0.05) is 115 Å². The van der Waals surface area contributed by atoms with Gasteiger partial charge in [-0.25, -0.2) is 0 Å². The van der Waals surface area contributed by atoms with Gasteiger partial charge in [-0.15, -0.1) is 0 Å². The van der Waals surface area contributed by atoms with E-state index >= 15 is 0 Å². The molecular formula is C46H28N2. The number of hydrogen-bond donors (Lipinski definition) is 0. The molecule has 1 aliphatic carbocycles. The van der Waals surface area contributed by atoms with Crippen molar-refractivity contribution in [2.75, 3.05) is 0 Å². The topological polar surface area (TPSA) is 9.86 Å². The Balaban J connectivity index is 1.32. The SMILES string of the molecule is c1ccc(-c2cc(-c3ccccc3)cc(-n3c4cccc5c4c4c6c(ccc7c6c6c-5cccc6n7-c5ccccc5)ccc43)c2)cc1. The van der Waals surface area contributed by atoms with Gasteiger partial charge in [0.2, 0.25) is 0 Å². The van der Waals surface area contributed by atoms with Crippen molar-refractivity contribution in [2.24, 2.45) is 0 Å². The number of fused-ring (bicyclic) bond motifs is 1. The summed E-state index contributed by atoms with van der Waals surface area (Å²) in [6, 6.07) is 62.4. The van der Waals surface area contributed by atoms with Crippen molar-refractivity contribution in [1.82, 2.24) is 9.13 Å². The van der Waals surface area contributed by atoms with Crippen LogP contribution in [0.4, 0.5) is 0 Å². The van der Waals surface area contributed by atoms with Crippen molar-refractivity contribution in [1.29, 1.82) is 0 Å². The van der Waals surface area contributed by atoms with Gasteiger partial charge < -0.3 is 9.13 Å². The van der Waals surface area contributed by atoms with Crippen LogP contribution >= 0.6 is 0 Å². The van der Waals surface area contributed by atoms with Gasteiger partial charge in [0.15, 0.2) is 0 Å². The van der Waals surface area contributed by atoms with Crippen molar-refractivity contribution in [3.8, 4) is 44.8 Å². The predicted octanol–water partition coefficient (Wildman–Crippen LogP) is 12.3. The van der Waals surface area contributed by atoms with Gasteiger partial charge in [0, 0.05) is 38.3 Å². The number of rotatable bonds is 4. The zero-order chi connectivity index (χ0) is 31.3. The molecule has 0 radical (unpaired) electrons. The van der Waals surface area contributed by atoms with E-state index in [9.17, 15) is 0 Å². The predicted molar refractivity (Wildman–Crippen MR) is 202 cm³/mol. The summed E-state index contributed by atoms with van der Waals surface area (Å²) < 4.78 is 4.95. The first-order chi connectivity index (χ1) is 23.8. The fraction of sp³-hybridized carbons (Fsp3) is 0. The quantitative estimate of drug-likeness (QED) is 0.188. The Morgan fingerprint density at radius 2 is 0.729 bits per heavy atom. The van der Waals surface area contributed by atoms with E-state index in [2.05, 4.69) is 179 Å². The normalized spacial score (nSPS) is 12.2. The minimum absolute atomic E-state index is 1.17. The first kappa shape index (κ1) is 25.8. The highest BCUT2D eigenvalue weighted by atomic mass is 15.0. The molecule has 0 N–H and O–H groups in total. The maximum Gasteiger partial charge on any atom is 0.0548 e. The average molecular weight is 609 g/mol. The fourth-order valence-corrected chi connectivity index (χ4v) is 8.43. The van der Waals surface area contributed by atoms with Crippen LogP contribution in [0.1, 0.15) is 0 Å². The molecule has 11 rings (SSSR count). The van der Waals surface area contributed by atoms with Gasteiger partial charge in [0.1, 0.15) is 0 Å². The summed E-state index contributed by atoms with van der Waals surface area (Å²) in [7, 11) is 0. The third-order valence-electron chi connectivity index (χ3n) is 10.4. The molecular weight excluding hydrogens is 581 g/mol. The van der Waals surface area contributed by atoms with Gasteiger partial charge in [0.25, 0.3) is 0 Å². The zero-order valence-corrected chi connectivity index (χ0v) is 26.1. The van der Waals surface area contributed by atoms with Crippen LogP contribution in [0, 0.1) is 0 Å². The van der Waals surface area contributed by atoms with E-state index in [1.165, 1.54) is 99.1 Å². The molecule has 2 heterocycles. The molecule has 0 amide bonds. The van der Waals surface area contributed by atoms with E-state index in [1.807, 2.05) is 0 Å². The molecule has 48 heavy (non-hydrogen) atoms. The van der Waals surface area contributed by atoms with Gasteiger partial charge in [-0.2, -0.15) is 0 Å². The molecule has 0 fully saturated rings. The van der Waals surface area contributed by atoms with Crippen LogP contribution in [0.15, 0.2) is 170 Å². The largest absolute Gasteiger partial charge is 0.309 e. The lowest BCUT2D eigenvalue weighted by Gasteiger charge is -2.15. The minimum Gasteiger partial charge on any atom is -0.309 e. The van der Waals surface area contributed by atoms with Crippen molar-refractivity contribution in [3.63, 3.8) is 0 Å². The first-order valence-corrected chi connectivity index (χ1v) is 16.6. The van der Waals surface area contributed by atoms with Gasteiger partial charge >= 0.3 is 0 Å². The van der Waals surface area contributed by atoms with Crippen LogP contribution in [0.3, 0.4) is 0 Å². The highest BCUT2D eigenvalue weighted by molar-refractivity contribution is 6.38. The summed E-state index contributed by atoms with van der Waals surface area (Å²) in [5.41, 5.74) is 14.7. The summed E-state index contributed by atoms with van der Waals surface area (Å²) >= 11 is 0. The maximum atomic E-state index is 2.50. The molecule has 10 aromatic rings. The summed E-state index contributed by atoms with van der Waals surface area (Å²) in [5.74, 6) is 0. The molecule has 0 saturated carbocycles. The fourth-order valence-electron chi connectivity index (χ4n) is 8.43. The number of benzene rings is 8. The molecule has 1 aliphatic rings. The Morgan fingerprint density at radius 3 is 1.25 bits per heavy atom. The molecule has 0 bridgehead atoms. The van der Waals surface area contributed by atoms with Gasteiger partial charge in [-0.3, -0.25) is 0 Å². The molecule has 2 heteroatoms. The minimum atomic E-state index is 1.17. The number of nitrogens with zero attached hydrogens (tertiary/aromatic N) is 2. The molecule has 0 aliphatic heterocycles. The average Bonchev–Trinajstić information content (AvgIpc) is 3.64. The monoisotopic (exact) mass is 608 g/mol. The van der Waals surface area contributed by atoms with Crippen molar-refractivity contribution < 1.29 is 0 Å². The van der Waals surface area contributed by atoms with E-state index in [0.29, 0.717) is 0 Å². The third kappa shape index (κ3) is 3.41. The molecule has 0 unspecified atom stereocenters. The molecule has 0 spiro atoms. The van der Waals surface area contributed by atoms with Crippen LogP contribution in [0.2, 0.25) is 0 Å². The van der Waals surface area contributed by atoms with Gasteiger partial charge in [-0.05, 0) is 93.4 Å². The zero-order valence-electron chi connectivity index (χ0n) is 26.1. The lowest BCUT2D eigenvalue weighted by Crippen LogP contribution is -1.96. The molecule has 2 aromatic heterocycles. The number of aromatic nitrogens is 2. The van der Waals surface area contributed by atoms with E-state index in [0.717, 1.165) is 0 Å². The molecule has 8 aromatic carbocycles. The summed E-state index contributed by atoms with van der Waals surface area (Å²) in [6.07, 6.45) is 0. The van der Waals surface area contributed by atoms with Crippen LogP contribution in [0.25, 0.3) is 99.1 Å². The highest BCUT2D eigenvalue weighted by Crippen LogP contribution is 2.51. The molecule has 222 valence electrons.